The van der Waals surface area contributed by atoms with Crippen LogP contribution >= 0.6 is 0 Å². The smallest absolute Gasteiger partial charge is 0.323 e. The van der Waals surface area contributed by atoms with Crippen LogP contribution in [0, 0.1) is 5.41 Å². The molecular weight excluding hydrogens is 574 g/mol. The van der Waals surface area contributed by atoms with E-state index in [1.54, 1.807) is 0 Å². The van der Waals surface area contributed by atoms with E-state index >= 15 is 0 Å². The molecule has 5 rings (SSSR count). The molecule has 0 atom stereocenters. The van der Waals surface area contributed by atoms with Gasteiger partial charge in [0, 0.05) is 44.8 Å². The average molecular weight is 620 g/mol. The van der Waals surface area contributed by atoms with Gasteiger partial charge in [-0.25, -0.2) is 4.79 Å². The number of benzene rings is 4. The molecule has 0 radical (unpaired) electrons. The van der Waals surface area contributed by atoms with Gasteiger partial charge in [-0.3, -0.25) is 4.79 Å². The van der Waals surface area contributed by atoms with Gasteiger partial charge in [-0.1, -0.05) is 87.5 Å². The molecule has 1 aliphatic rings. The number of urea groups is 1. The lowest BCUT2D eigenvalue weighted by atomic mass is 9.91. The third-order valence-corrected chi connectivity index (χ3v) is 7.90. The third kappa shape index (κ3) is 9.19. The zero-order valence-corrected chi connectivity index (χ0v) is 27.1. The second-order valence-electron chi connectivity index (χ2n) is 13.0. The molecule has 1 heterocycles. The summed E-state index contributed by atoms with van der Waals surface area (Å²) in [7, 11) is 0. The Kier molecular flexibility index (Phi) is 10.7. The van der Waals surface area contributed by atoms with Crippen molar-refractivity contribution in [2.45, 2.75) is 46.8 Å². The second kappa shape index (κ2) is 15.1. The van der Waals surface area contributed by atoms with Crippen LogP contribution in [-0.4, -0.2) is 43.1 Å². The van der Waals surface area contributed by atoms with Crippen molar-refractivity contribution in [2.75, 3.05) is 41.8 Å². The van der Waals surface area contributed by atoms with Crippen LogP contribution in [0.4, 0.5) is 21.9 Å². The summed E-state index contributed by atoms with van der Waals surface area (Å²) in [4.78, 5) is 30.8. The molecule has 0 bridgehead atoms. The van der Waals surface area contributed by atoms with Gasteiger partial charge in [0.1, 0.15) is 0 Å². The summed E-state index contributed by atoms with van der Waals surface area (Å²) in [5, 5.41) is 6.02. The molecular formula is C38H45N5O3. The van der Waals surface area contributed by atoms with E-state index in [1.807, 2.05) is 65.6 Å². The predicted molar refractivity (Wildman–Crippen MR) is 187 cm³/mol. The maximum Gasteiger partial charge on any atom is 0.323 e. The van der Waals surface area contributed by atoms with E-state index in [4.69, 9.17) is 10.5 Å². The quantitative estimate of drug-likeness (QED) is 0.174. The number of hydrogen-bond donors (Lipinski definition) is 3. The van der Waals surface area contributed by atoms with Crippen molar-refractivity contribution in [2.24, 2.45) is 11.1 Å². The minimum absolute atomic E-state index is 0.113. The van der Waals surface area contributed by atoms with Gasteiger partial charge in [0.25, 0.3) is 0 Å². The Hall–Kier alpha value is -4.66. The van der Waals surface area contributed by atoms with Crippen molar-refractivity contribution in [3.63, 3.8) is 0 Å². The molecule has 8 heteroatoms. The Labute approximate surface area is 272 Å². The number of rotatable bonds is 10. The number of carbonyl (C=O) groups is 2. The zero-order chi connectivity index (χ0) is 32.5. The number of para-hydroxylation sites is 1. The van der Waals surface area contributed by atoms with Crippen LogP contribution in [0.25, 0.3) is 11.1 Å². The Bertz CT molecular complexity index is 1630. The number of hydrogen-bond acceptors (Lipinski definition) is 5. The summed E-state index contributed by atoms with van der Waals surface area (Å²) < 4.78 is 5.58. The maximum absolute atomic E-state index is 13.6. The Morgan fingerprint density at radius 2 is 1.43 bits per heavy atom. The SMILES string of the molecule is CC(C)(C)CC(=O)N(Cc1cccc(CN)c1)Cc1cccc(-c2ccc(N3CCOCC3)c(NC(=O)Nc3ccccc3)c2)c1. The summed E-state index contributed by atoms with van der Waals surface area (Å²) in [6, 6.07) is 31.7. The van der Waals surface area contributed by atoms with Gasteiger partial charge in [0.2, 0.25) is 5.91 Å². The number of nitrogens with zero attached hydrogens (tertiary/aromatic N) is 2. The summed E-state index contributed by atoms with van der Waals surface area (Å²) in [6.07, 6.45) is 0.451. The molecule has 0 aromatic heterocycles. The zero-order valence-electron chi connectivity index (χ0n) is 27.1. The van der Waals surface area contributed by atoms with E-state index in [1.165, 1.54) is 0 Å². The van der Waals surface area contributed by atoms with Gasteiger partial charge >= 0.3 is 6.03 Å². The largest absolute Gasteiger partial charge is 0.378 e. The Morgan fingerprint density at radius 3 is 2.13 bits per heavy atom. The summed E-state index contributed by atoms with van der Waals surface area (Å²) >= 11 is 0. The first-order valence-corrected chi connectivity index (χ1v) is 15.9. The van der Waals surface area contributed by atoms with Crippen molar-refractivity contribution < 1.29 is 14.3 Å². The molecule has 8 nitrogen and oxygen atoms in total. The maximum atomic E-state index is 13.6. The van der Waals surface area contributed by atoms with Gasteiger partial charge < -0.3 is 30.9 Å². The molecule has 4 aromatic rings. The van der Waals surface area contributed by atoms with Crippen LogP contribution in [0.5, 0.6) is 0 Å². The minimum Gasteiger partial charge on any atom is -0.378 e. The van der Waals surface area contributed by atoms with Crippen molar-refractivity contribution >= 4 is 29.0 Å². The van der Waals surface area contributed by atoms with Crippen LogP contribution in [0.2, 0.25) is 0 Å². The number of anilines is 3. The molecule has 0 spiro atoms. The number of amides is 3. The summed E-state index contributed by atoms with van der Waals surface area (Å²) in [6.45, 7) is 10.5. The predicted octanol–water partition coefficient (Wildman–Crippen LogP) is 7.26. The van der Waals surface area contributed by atoms with Gasteiger partial charge in [-0.2, -0.15) is 0 Å². The van der Waals surface area contributed by atoms with Crippen molar-refractivity contribution in [3.8, 4) is 11.1 Å². The topological polar surface area (TPSA) is 99.9 Å². The van der Waals surface area contributed by atoms with Gasteiger partial charge in [0.15, 0.2) is 0 Å². The molecule has 1 fully saturated rings. The van der Waals surface area contributed by atoms with E-state index < -0.39 is 0 Å². The Morgan fingerprint density at radius 1 is 0.783 bits per heavy atom. The van der Waals surface area contributed by atoms with Crippen molar-refractivity contribution in [1.82, 2.24) is 4.90 Å². The lowest BCUT2D eigenvalue weighted by Crippen LogP contribution is -2.37. The molecule has 0 saturated carbocycles. The monoisotopic (exact) mass is 619 g/mol. The van der Waals surface area contributed by atoms with Gasteiger partial charge in [-0.15, -0.1) is 0 Å². The van der Waals surface area contributed by atoms with E-state index in [9.17, 15) is 9.59 Å². The molecule has 1 aliphatic heterocycles. The molecule has 1 saturated heterocycles. The lowest BCUT2D eigenvalue weighted by Gasteiger charge is -2.31. The standard InChI is InChI=1S/C38H45N5O3/c1-38(2,3)24-36(44)43(26-29-10-7-9-28(21-29)25-39)27-30-11-8-12-31(22-30)32-15-16-35(42-17-19-46-20-18-42)34(23-32)41-37(45)40-33-13-5-4-6-14-33/h4-16,21-23H,17-20,24-27,39H2,1-3H3,(H2,40,41,45). The van der Waals surface area contributed by atoms with E-state index in [0.717, 1.165) is 58.0 Å². The molecule has 3 amide bonds. The van der Waals surface area contributed by atoms with E-state index in [0.29, 0.717) is 39.3 Å². The fourth-order valence-corrected chi connectivity index (χ4v) is 5.64. The highest BCUT2D eigenvalue weighted by Crippen LogP contribution is 2.33. The van der Waals surface area contributed by atoms with Crippen LogP contribution in [0.3, 0.4) is 0 Å². The van der Waals surface area contributed by atoms with Crippen molar-refractivity contribution in [3.05, 3.63) is 114 Å². The number of nitrogens with two attached hydrogens (primary N) is 1. The van der Waals surface area contributed by atoms with Gasteiger partial charge in [0.05, 0.1) is 24.6 Å². The van der Waals surface area contributed by atoms with Crippen molar-refractivity contribution in [1.29, 1.82) is 0 Å². The van der Waals surface area contributed by atoms with Crippen LogP contribution in [0.1, 0.15) is 43.9 Å². The highest BCUT2D eigenvalue weighted by Gasteiger charge is 2.22. The number of nitrogens with one attached hydrogen (secondary N) is 2. The lowest BCUT2D eigenvalue weighted by molar-refractivity contribution is -0.134. The second-order valence-corrected chi connectivity index (χ2v) is 13.0. The molecule has 240 valence electrons. The fourth-order valence-electron chi connectivity index (χ4n) is 5.64. The molecule has 46 heavy (non-hydrogen) atoms. The normalized spacial score (nSPS) is 13.3. The minimum atomic E-state index is -0.307. The molecule has 0 aliphatic carbocycles. The summed E-state index contributed by atoms with van der Waals surface area (Å²) in [5.74, 6) is 0.113. The summed E-state index contributed by atoms with van der Waals surface area (Å²) in [5.41, 5.74) is 13.3. The first-order valence-electron chi connectivity index (χ1n) is 15.9. The Balaban J connectivity index is 1.41. The third-order valence-electron chi connectivity index (χ3n) is 7.90. The van der Waals surface area contributed by atoms with Crippen LogP contribution in [0.15, 0.2) is 97.1 Å². The van der Waals surface area contributed by atoms with Gasteiger partial charge in [-0.05, 0) is 63.6 Å². The van der Waals surface area contributed by atoms with E-state index in [2.05, 4.69) is 72.7 Å². The number of morpholine rings is 1. The first-order chi connectivity index (χ1) is 22.2. The van der Waals surface area contributed by atoms with Crippen LogP contribution in [-0.2, 0) is 29.2 Å². The highest BCUT2D eigenvalue weighted by atomic mass is 16.5. The fraction of sp³-hybridized carbons (Fsp3) is 0.316. The number of ether oxygens (including phenoxy) is 1. The first kappa shape index (κ1) is 32.7. The molecule has 4 aromatic carbocycles. The average Bonchev–Trinajstić information content (AvgIpc) is 3.05. The molecule has 0 unspecified atom stereocenters. The highest BCUT2D eigenvalue weighted by molar-refractivity contribution is 6.02. The number of carbonyl (C=O) groups excluding carboxylic acids is 2. The van der Waals surface area contributed by atoms with Crippen LogP contribution < -0.4 is 21.3 Å². The molecule has 4 N–H and O–H groups in total. The van der Waals surface area contributed by atoms with E-state index in [-0.39, 0.29) is 17.4 Å².